The van der Waals surface area contributed by atoms with Crippen LogP contribution in [0.3, 0.4) is 0 Å². The topological polar surface area (TPSA) is 88.5 Å². The first-order valence-electron chi connectivity index (χ1n) is 7.78. The van der Waals surface area contributed by atoms with E-state index in [0.29, 0.717) is 31.7 Å². The van der Waals surface area contributed by atoms with E-state index in [0.717, 1.165) is 0 Å². The first-order valence-corrected chi connectivity index (χ1v) is 7.78. The summed E-state index contributed by atoms with van der Waals surface area (Å²) in [6.07, 6.45) is 2.74. The number of nitrogens with one attached hydrogen (secondary N) is 2. The van der Waals surface area contributed by atoms with E-state index in [1.165, 1.54) is 0 Å². The van der Waals surface area contributed by atoms with Crippen molar-refractivity contribution in [2.75, 3.05) is 18.4 Å². The largest absolute Gasteiger partial charge is 0.444 e. The predicted molar refractivity (Wildman–Crippen MR) is 86.2 cm³/mol. The zero-order valence-corrected chi connectivity index (χ0v) is 14.1. The van der Waals surface area contributed by atoms with Gasteiger partial charge in [0.1, 0.15) is 11.4 Å². The molecule has 3 amide bonds. The lowest BCUT2D eigenvalue weighted by Crippen LogP contribution is -2.48. The van der Waals surface area contributed by atoms with Crippen LogP contribution < -0.4 is 10.6 Å². The van der Waals surface area contributed by atoms with Gasteiger partial charge in [-0.05, 0) is 33.6 Å². The highest BCUT2D eigenvalue weighted by Gasteiger charge is 2.27. The molecule has 1 aliphatic rings. The minimum absolute atomic E-state index is 0.0434. The number of urea groups is 1. The molecule has 0 aromatic carbocycles. The van der Waals surface area contributed by atoms with Gasteiger partial charge in [0.2, 0.25) is 0 Å². The average molecular weight is 323 g/mol. The molecule has 0 radical (unpaired) electrons. The summed E-state index contributed by atoms with van der Waals surface area (Å²) in [4.78, 5) is 25.6. The molecule has 23 heavy (non-hydrogen) atoms. The van der Waals surface area contributed by atoms with Crippen LogP contribution in [0.4, 0.5) is 15.4 Å². The van der Waals surface area contributed by atoms with Crippen LogP contribution in [0.25, 0.3) is 0 Å². The molecule has 1 aromatic heterocycles. The number of likely N-dealkylation sites (tertiary alicyclic amines) is 1. The molecule has 2 rings (SSSR count). The van der Waals surface area contributed by atoms with Gasteiger partial charge >= 0.3 is 12.1 Å². The molecule has 0 unspecified atom stereocenters. The van der Waals surface area contributed by atoms with E-state index in [2.05, 4.69) is 15.7 Å². The number of ether oxygens (including phenoxy) is 1. The van der Waals surface area contributed by atoms with Crippen LogP contribution in [0.2, 0.25) is 0 Å². The second kappa shape index (κ2) is 6.89. The third kappa shape index (κ3) is 5.15. The number of anilines is 1. The molecule has 0 saturated carbocycles. The van der Waals surface area contributed by atoms with E-state index in [1.807, 2.05) is 20.8 Å². The SMILES string of the molecule is Cn1nccc1NC(=O)NC1CCN(C(=O)OC(C)(C)C)CC1. The Hall–Kier alpha value is -2.25. The van der Waals surface area contributed by atoms with Gasteiger partial charge in [-0.15, -0.1) is 0 Å². The maximum absolute atomic E-state index is 12.0. The second-order valence-electron chi connectivity index (χ2n) is 6.68. The Labute approximate surface area is 136 Å². The number of rotatable bonds is 2. The summed E-state index contributed by atoms with van der Waals surface area (Å²) >= 11 is 0. The Morgan fingerprint density at radius 3 is 2.48 bits per heavy atom. The minimum atomic E-state index is -0.491. The summed E-state index contributed by atoms with van der Waals surface area (Å²) < 4.78 is 6.94. The van der Waals surface area contributed by atoms with Gasteiger partial charge in [-0.25, -0.2) is 9.59 Å². The van der Waals surface area contributed by atoms with E-state index in [9.17, 15) is 9.59 Å². The molecule has 0 bridgehead atoms. The molecular formula is C15H25N5O3. The van der Waals surface area contributed by atoms with Gasteiger partial charge in [-0.1, -0.05) is 0 Å². The molecule has 128 valence electrons. The highest BCUT2D eigenvalue weighted by Crippen LogP contribution is 2.15. The third-order valence-electron chi connectivity index (χ3n) is 3.54. The van der Waals surface area contributed by atoms with Gasteiger partial charge in [0, 0.05) is 32.2 Å². The summed E-state index contributed by atoms with van der Waals surface area (Å²) in [5, 5.41) is 9.66. The smallest absolute Gasteiger partial charge is 0.410 e. The first kappa shape index (κ1) is 17.1. The van der Waals surface area contributed by atoms with Crippen molar-refractivity contribution < 1.29 is 14.3 Å². The Morgan fingerprint density at radius 1 is 1.30 bits per heavy atom. The summed E-state index contributed by atoms with van der Waals surface area (Å²) in [5.41, 5.74) is -0.491. The predicted octanol–water partition coefficient (Wildman–Crippen LogP) is 1.94. The average Bonchev–Trinajstić information content (AvgIpc) is 2.83. The van der Waals surface area contributed by atoms with Crippen molar-refractivity contribution in [1.29, 1.82) is 0 Å². The van der Waals surface area contributed by atoms with Crippen LogP contribution in [0, 0.1) is 0 Å². The third-order valence-corrected chi connectivity index (χ3v) is 3.54. The van der Waals surface area contributed by atoms with Crippen LogP contribution in [0.5, 0.6) is 0 Å². The van der Waals surface area contributed by atoms with Gasteiger partial charge in [0.25, 0.3) is 0 Å². The Balaban J connectivity index is 1.75. The van der Waals surface area contributed by atoms with Gasteiger partial charge in [0.05, 0.1) is 6.20 Å². The zero-order chi connectivity index (χ0) is 17.0. The number of aryl methyl sites for hydroxylation is 1. The van der Waals surface area contributed by atoms with Gasteiger partial charge in [-0.2, -0.15) is 5.10 Å². The van der Waals surface area contributed by atoms with Crippen molar-refractivity contribution >= 4 is 17.9 Å². The standard InChI is InChI=1S/C15H25N5O3/c1-15(2,3)23-14(22)20-9-6-11(7-10-20)17-13(21)18-12-5-8-16-19(12)4/h5,8,11H,6-7,9-10H2,1-4H3,(H2,17,18,21). The van der Waals surface area contributed by atoms with Crippen molar-refractivity contribution in [3.8, 4) is 0 Å². The Kier molecular flexibility index (Phi) is 5.12. The quantitative estimate of drug-likeness (QED) is 0.870. The highest BCUT2D eigenvalue weighted by atomic mass is 16.6. The number of nitrogens with zero attached hydrogens (tertiary/aromatic N) is 3. The van der Waals surface area contributed by atoms with Crippen LogP contribution in [0.15, 0.2) is 12.3 Å². The number of hydrogen-bond donors (Lipinski definition) is 2. The molecular weight excluding hydrogens is 298 g/mol. The number of amides is 3. The number of carbonyl (C=O) groups excluding carboxylic acids is 2. The molecule has 0 spiro atoms. The van der Waals surface area contributed by atoms with Crippen LogP contribution >= 0.6 is 0 Å². The highest BCUT2D eigenvalue weighted by molar-refractivity contribution is 5.88. The molecule has 1 aliphatic heterocycles. The normalized spacial score (nSPS) is 16.1. The molecule has 0 atom stereocenters. The van der Waals surface area contributed by atoms with E-state index in [4.69, 9.17) is 4.74 Å². The summed E-state index contributed by atoms with van der Waals surface area (Å²) in [5.74, 6) is 0.633. The molecule has 8 nitrogen and oxygen atoms in total. The number of carbonyl (C=O) groups is 2. The molecule has 1 aromatic rings. The van der Waals surface area contributed by atoms with Gasteiger partial charge < -0.3 is 15.0 Å². The molecule has 8 heteroatoms. The number of piperidine rings is 1. The molecule has 1 saturated heterocycles. The summed E-state index contributed by atoms with van der Waals surface area (Å²) in [6, 6.07) is 1.51. The molecule has 0 aliphatic carbocycles. The Bertz CT molecular complexity index is 556. The van der Waals surface area contributed by atoms with Crippen molar-refractivity contribution in [3.63, 3.8) is 0 Å². The lowest BCUT2D eigenvalue weighted by atomic mass is 10.1. The monoisotopic (exact) mass is 323 g/mol. The van der Waals surface area contributed by atoms with E-state index < -0.39 is 5.60 Å². The molecule has 2 N–H and O–H groups in total. The fraction of sp³-hybridized carbons (Fsp3) is 0.667. The van der Waals surface area contributed by atoms with Crippen molar-refractivity contribution in [3.05, 3.63) is 12.3 Å². The first-order chi connectivity index (χ1) is 10.7. The van der Waals surface area contributed by atoms with Crippen LogP contribution in [-0.4, -0.2) is 51.5 Å². The second-order valence-corrected chi connectivity index (χ2v) is 6.68. The molecule has 2 heterocycles. The van der Waals surface area contributed by atoms with Crippen LogP contribution in [0.1, 0.15) is 33.6 Å². The van der Waals surface area contributed by atoms with E-state index >= 15 is 0 Å². The lowest BCUT2D eigenvalue weighted by Gasteiger charge is -2.33. The lowest BCUT2D eigenvalue weighted by molar-refractivity contribution is 0.0202. The van der Waals surface area contributed by atoms with E-state index in [1.54, 1.807) is 28.9 Å². The summed E-state index contributed by atoms with van der Waals surface area (Å²) in [7, 11) is 1.76. The fourth-order valence-electron chi connectivity index (χ4n) is 2.37. The van der Waals surface area contributed by atoms with E-state index in [-0.39, 0.29) is 18.2 Å². The number of aromatic nitrogens is 2. The fourth-order valence-corrected chi connectivity index (χ4v) is 2.37. The number of hydrogen-bond acceptors (Lipinski definition) is 4. The zero-order valence-electron chi connectivity index (χ0n) is 14.1. The summed E-state index contributed by atoms with van der Waals surface area (Å²) in [6.45, 7) is 6.70. The Morgan fingerprint density at radius 2 is 1.96 bits per heavy atom. The van der Waals surface area contributed by atoms with Gasteiger partial charge in [0.15, 0.2) is 0 Å². The molecule has 1 fully saturated rings. The van der Waals surface area contributed by atoms with Crippen molar-refractivity contribution in [2.24, 2.45) is 7.05 Å². The van der Waals surface area contributed by atoms with Crippen molar-refractivity contribution in [1.82, 2.24) is 20.0 Å². The van der Waals surface area contributed by atoms with Crippen molar-refractivity contribution in [2.45, 2.75) is 45.3 Å². The minimum Gasteiger partial charge on any atom is -0.444 e. The maximum atomic E-state index is 12.0. The van der Waals surface area contributed by atoms with Crippen LogP contribution in [-0.2, 0) is 11.8 Å². The van der Waals surface area contributed by atoms with Gasteiger partial charge in [-0.3, -0.25) is 10.00 Å². The maximum Gasteiger partial charge on any atom is 0.410 e.